The van der Waals surface area contributed by atoms with Crippen molar-refractivity contribution in [1.29, 1.82) is 0 Å². The average Bonchev–Trinajstić information content (AvgIpc) is 3.56. The molecule has 0 bridgehead atoms. The van der Waals surface area contributed by atoms with Gasteiger partial charge in [-0.05, 0) is 55.2 Å². The van der Waals surface area contributed by atoms with E-state index in [4.69, 9.17) is 4.74 Å². The van der Waals surface area contributed by atoms with Crippen LogP contribution in [0.15, 0.2) is 46.9 Å². The number of amides is 3. The highest BCUT2D eigenvalue weighted by Gasteiger charge is 2.70. The standard InChI is InChI=1S/C25H24BrN3O5/c26-14-5-8-18-17(11-14)25(24(33)27-18)21-20(19(28-25)10-13-3-6-15(30)7-4-13)22(31)29(23(21)32)12-16-2-1-9-34-16/h3-8,11,16,19-21,28,30H,1-2,9-10,12H2,(H,27,33)/t16-,19+,20-,21-,25+/m1/s1. The van der Waals surface area contributed by atoms with Crippen LogP contribution in [0.25, 0.3) is 0 Å². The van der Waals surface area contributed by atoms with Crippen molar-refractivity contribution in [2.24, 2.45) is 11.8 Å². The van der Waals surface area contributed by atoms with E-state index in [9.17, 15) is 19.5 Å². The summed E-state index contributed by atoms with van der Waals surface area (Å²) in [7, 11) is 0. The summed E-state index contributed by atoms with van der Waals surface area (Å²) in [6.07, 6.45) is 1.99. The lowest BCUT2D eigenvalue weighted by Crippen LogP contribution is -2.54. The van der Waals surface area contributed by atoms with Crippen molar-refractivity contribution in [2.75, 3.05) is 18.5 Å². The second kappa shape index (κ2) is 7.90. The number of hydrogen-bond donors (Lipinski definition) is 3. The molecule has 0 radical (unpaired) electrons. The minimum absolute atomic E-state index is 0.154. The van der Waals surface area contributed by atoms with Gasteiger partial charge in [0.1, 0.15) is 11.3 Å². The maximum Gasteiger partial charge on any atom is 0.250 e. The number of ether oxygens (including phenoxy) is 1. The van der Waals surface area contributed by atoms with Crippen molar-refractivity contribution in [2.45, 2.75) is 36.9 Å². The predicted molar refractivity (Wildman–Crippen MR) is 126 cm³/mol. The molecule has 0 aliphatic carbocycles. The molecule has 3 N–H and O–H groups in total. The van der Waals surface area contributed by atoms with E-state index in [2.05, 4.69) is 26.6 Å². The van der Waals surface area contributed by atoms with Gasteiger partial charge in [0.25, 0.3) is 0 Å². The fourth-order valence-electron chi connectivity index (χ4n) is 6.07. The van der Waals surface area contributed by atoms with Crippen LogP contribution in [0.5, 0.6) is 5.75 Å². The monoisotopic (exact) mass is 525 g/mol. The van der Waals surface area contributed by atoms with Crippen LogP contribution in [-0.4, -0.2) is 53.0 Å². The van der Waals surface area contributed by atoms with Crippen molar-refractivity contribution < 1.29 is 24.2 Å². The van der Waals surface area contributed by atoms with E-state index in [-0.39, 0.29) is 36.1 Å². The molecule has 4 heterocycles. The summed E-state index contributed by atoms with van der Waals surface area (Å²) in [5, 5.41) is 16.0. The molecule has 2 aromatic carbocycles. The third kappa shape index (κ3) is 3.14. The molecule has 9 heteroatoms. The molecule has 1 spiro atoms. The minimum Gasteiger partial charge on any atom is -0.508 e. The molecular formula is C25H24BrN3O5. The number of imide groups is 1. The number of anilines is 1. The topological polar surface area (TPSA) is 108 Å². The quantitative estimate of drug-likeness (QED) is 0.528. The van der Waals surface area contributed by atoms with Gasteiger partial charge in [-0.25, -0.2) is 0 Å². The fourth-order valence-corrected chi connectivity index (χ4v) is 6.43. The Morgan fingerprint density at radius 2 is 1.91 bits per heavy atom. The molecule has 3 amide bonds. The van der Waals surface area contributed by atoms with Crippen molar-refractivity contribution >= 4 is 39.3 Å². The van der Waals surface area contributed by atoms with Crippen LogP contribution >= 0.6 is 15.9 Å². The molecule has 176 valence electrons. The second-order valence-electron chi connectivity index (χ2n) is 9.50. The number of phenols is 1. The van der Waals surface area contributed by atoms with Crippen LogP contribution in [0, 0.1) is 11.8 Å². The maximum atomic E-state index is 13.8. The number of fused-ring (bicyclic) bond motifs is 4. The molecule has 4 aliphatic rings. The highest BCUT2D eigenvalue weighted by atomic mass is 79.9. The normalized spacial score (nSPS) is 31.9. The summed E-state index contributed by atoms with van der Waals surface area (Å²) in [6.45, 7) is 0.853. The second-order valence-corrected chi connectivity index (χ2v) is 10.4. The van der Waals surface area contributed by atoms with Crippen molar-refractivity contribution in [1.82, 2.24) is 10.2 Å². The summed E-state index contributed by atoms with van der Waals surface area (Å²) in [5.74, 6) is -2.27. The first kappa shape index (κ1) is 21.8. The van der Waals surface area contributed by atoms with Crippen molar-refractivity contribution in [3.8, 4) is 5.75 Å². The number of aromatic hydroxyl groups is 1. The smallest absolute Gasteiger partial charge is 0.250 e. The lowest BCUT2D eigenvalue weighted by molar-refractivity contribution is -0.144. The summed E-state index contributed by atoms with van der Waals surface area (Å²) in [4.78, 5) is 42.4. The number of carbonyl (C=O) groups excluding carboxylic acids is 3. The molecule has 4 aliphatic heterocycles. The zero-order valence-corrected chi connectivity index (χ0v) is 19.9. The van der Waals surface area contributed by atoms with Gasteiger partial charge in [0.05, 0.1) is 24.5 Å². The Labute approximate surface area is 204 Å². The summed E-state index contributed by atoms with van der Waals surface area (Å²) >= 11 is 3.49. The molecule has 0 unspecified atom stereocenters. The Bertz CT molecular complexity index is 1200. The Hall–Kier alpha value is -2.75. The largest absolute Gasteiger partial charge is 0.508 e. The molecular weight excluding hydrogens is 502 g/mol. The van der Waals surface area contributed by atoms with Crippen LogP contribution in [0.4, 0.5) is 5.69 Å². The first-order valence-electron chi connectivity index (χ1n) is 11.5. The molecule has 34 heavy (non-hydrogen) atoms. The fraction of sp³-hybridized carbons (Fsp3) is 0.400. The van der Waals surface area contributed by atoms with E-state index in [0.29, 0.717) is 24.3 Å². The van der Waals surface area contributed by atoms with E-state index >= 15 is 0 Å². The Kier molecular flexibility index (Phi) is 5.05. The van der Waals surface area contributed by atoms with Crippen LogP contribution in [0.3, 0.4) is 0 Å². The van der Waals surface area contributed by atoms with Gasteiger partial charge >= 0.3 is 0 Å². The molecule has 3 fully saturated rings. The number of phenolic OH excluding ortho intramolecular Hbond substituents is 1. The SMILES string of the molecule is O=C1[C@@H]2[C@H](Cc3ccc(O)cc3)N[C@]3(C(=O)Nc4ccc(Br)cc43)[C@H]2C(=O)N1C[C@H]1CCCO1. The highest BCUT2D eigenvalue weighted by Crippen LogP contribution is 2.53. The third-order valence-corrected chi connectivity index (χ3v) is 8.06. The van der Waals surface area contributed by atoms with Crippen LogP contribution < -0.4 is 10.6 Å². The maximum absolute atomic E-state index is 13.8. The van der Waals surface area contributed by atoms with Gasteiger partial charge in [0.15, 0.2) is 0 Å². The van der Waals surface area contributed by atoms with Gasteiger partial charge < -0.3 is 15.2 Å². The van der Waals surface area contributed by atoms with Gasteiger partial charge in [-0.2, -0.15) is 0 Å². The van der Waals surface area contributed by atoms with E-state index in [1.807, 2.05) is 12.1 Å². The third-order valence-electron chi connectivity index (χ3n) is 7.57. The van der Waals surface area contributed by atoms with Gasteiger partial charge in [-0.3, -0.25) is 24.6 Å². The number of nitrogens with zero attached hydrogens (tertiary/aromatic N) is 1. The molecule has 0 aromatic heterocycles. The van der Waals surface area contributed by atoms with Gasteiger partial charge in [-0.15, -0.1) is 0 Å². The number of rotatable bonds is 4. The molecule has 5 atom stereocenters. The van der Waals surface area contributed by atoms with Crippen molar-refractivity contribution in [3.05, 3.63) is 58.1 Å². The zero-order chi connectivity index (χ0) is 23.6. The van der Waals surface area contributed by atoms with E-state index < -0.39 is 23.4 Å². The van der Waals surface area contributed by atoms with Gasteiger partial charge in [0.2, 0.25) is 17.7 Å². The van der Waals surface area contributed by atoms with Crippen LogP contribution in [0.1, 0.15) is 24.0 Å². The predicted octanol–water partition coefficient (Wildman–Crippen LogP) is 2.30. The highest BCUT2D eigenvalue weighted by molar-refractivity contribution is 9.10. The number of hydrogen-bond acceptors (Lipinski definition) is 6. The number of halogens is 1. The van der Waals surface area contributed by atoms with Crippen LogP contribution in [-0.2, 0) is 31.1 Å². The molecule has 2 aromatic rings. The molecule has 8 nitrogen and oxygen atoms in total. The van der Waals surface area contributed by atoms with Gasteiger partial charge in [0, 0.05) is 28.4 Å². The van der Waals surface area contributed by atoms with Gasteiger partial charge in [-0.1, -0.05) is 28.1 Å². The first-order valence-corrected chi connectivity index (χ1v) is 12.3. The lowest BCUT2D eigenvalue weighted by Gasteiger charge is -2.30. The molecule has 0 saturated carbocycles. The minimum atomic E-state index is -1.33. The van der Waals surface area contributed by atoms with E-state index in [1.165, 1.54) is 4.90 Å². The van der Waals surface area contributed by atoms with Crippen LogP contribution in [0.2, 0.25) is 0 Å². The summed E-state index contributed by atoms with van der Waals surface area (Å²) in [6, 6.07) is 11.8. The number of benzene rings is 2. The zero-order valence-electron chi connectivity index (χ0n) is 18.3. The Morgan fingerprint density at radius 3 is 2.65 bits per heavy atom. The van der Waals surface area contributed by atoms with Crippen molar-refractivity contribution in [3.63, 3.8) is 0 Å². The summed E-state index contributed by atoms with van der Waals surface area (Å²) < 4.78 is 6.49. The average molecular weight is 526 g/mol. The molecule has 6 rings (SSSR count). The number of carbonyl (C=O) groups is 3. The first-order chi connectivity index (χ1) is 16.4. The van der Waals surface area contributed by atoms with E-state index in [0.717, 1.165) is 22.9 Å². The number of likely N-dealkylation sites (tertiary alicyclic amines) is 1. The number of nitrogens with one attached hydrogen (secondary N) is 2. The summed E-state index contributed by atoms with van der Waals surface area (Å²) in [5.41, 5.74) is 0.887. The molecule has 3 saturated heterocycles. The Balaban J connectivity index is 1.43. The van der Waals surface area contributed by atoms with E-state index in [1.54, 1.807) is 30.3 Å². The Morgan fingerprint density at radius 1 is 1.12 bits per heavy atom. The lowest BCUT2D eigenvalue weighted by atomic mass is 9.76.